The van der Waals surface area contributed by atoms with Crippen molar-refractivity contribution in [1.29, 1.82) is 0 Å². The second-order valence-corrected chi connectivity index (χ2v) is 9.23. The molecule has 220 valence electrons. The quantitative estimate of drug-likeness (QED) is 0.187. The SMILES string of the molecule is CC(=O)OC[C@H]1O[C@@H](O[C@H]2CC(=O)[C@H](OC(C)=O)[C@H]3C(=O)OC(=O)[C@H]32)[C@H](OC(C)=O)[C@@H](OC(C)=O)[C@@H]1OC(C)=O. The lowest BCUT2D eigenvalue weighted by molar-refractivity contribution is -0.321. The topological polar surface area (TPSA) is 210 Å². The lowest BCUT2D eigenvalue weighted by Gasteiger charge is -2.45. The molecule has 1 aliphatic carbocycles. The summed E-state index contributed by atoms with van der Waals surface area (Å²) >= 11 is 0. The van der Waals surface area contributed by atoms with Crippen LogP contribution in [-0.4, -0.2) is 97.1 Å². The van der Waals surface area contributed by atoms with Crippen molar-refractivity contribution < 1.29 is 76.3 Å². The Labute approximate surface area is 226 Å². The monoisotopic (exact) mass is 572 g/mol. The van der Waals surface area contributed by atoms with Gasteiger partial charge in [0.05, 0.1) is 6.10 Å². The second-order valence-electron chi connectivity index (χ2n) is 9.23. The molecular formula is C24H28O16. The Morgan fingerprint density at radius 1 is 0.700 bits per heavy atom. The number of hydrogen-bond acceptors (Lipinski definition) is 16. The van der Waals surface area contributed by atoms with E-state index in [9.17, 15) is 38.4 Å². The number of carbonyl (C=O) groups excluding carboxylic acids is 8. The molecule has 2 saturated heterocycles. The first-order chi connectivity index (χ1) is 18.7. The second kappa shape index (κ2) is 12.5. The Morgan fingerprint density at radius 3 is 1.77 bits per heavy atom. The summed E-state index contributed by atoms with van der Waals surface area (Å²) in [5.41, 5.74) is 0. The molecule has 40 heavy (non-hydrogen) atoms. The van der Waals surface area contributed by atoms with E-state index in [1.54, 1.807) is 0 Å². The number of fused-ring (bicyclic) bond motifs is 1. The van der Waals surface area contributed by atoms with Crippen LogP contribution in [0, 0.1) is 11.8 Å². The maximum absolute atomic E-state index is 12.9. The van der Waals surface area contributed by atoms with Gasteiger partial charge >= 0.3 is 41.8 Å². The van der Waals surface area contributed by atoms with E-state index in [0.29, 0.717) is 0 Å². The van der Waals surface area contributed by atoms with Gasteiger partial charge in [-0.05, 0) is 0 Å². The average Bonchev–Trinajstić information content (AvgIpc) is 3.11. The molecule has 2 aliphatic heterocycles. The van der Waals surface area contributed by atoms with Gasteiger partial charge < -0.3 is 37.9 Å². The van der Waals surface area contributed by atoms with Crippen LogP contribution in [-0.2, 0) is 76.3 Å². The van der Waals surface area contributed by atoms with Crippen molar-refractivity contribution >= 4 is 47.6 Å². The molecule has 16 heteroatoms. The zero-order valence-electron chi connectivity index (χ0n) is 22.1. The lowest BCUT2D eigenvalue weighted by atomic mass is 9.76. The van der Waals surface area contributed by atoms with E-state index in [2.05, 4.69) is 4.74 Å². The van der Waals surface area contributed by atoms with Gasteiger partial charge in [-0.3, -0.25) is 38.4 Å². The molecule has 0 radical (unpaired) electrons. The van der Waals surface area contributed by atoms with Gasteiger partial charge in [0.15, 0.2) is 36.5 Å². The predicted octanol–water partition coefficient (Wildman–Crippen LogP) is -1.32. The molecule has 3 aliphatic rings. The average molecular weight is 572 g/mol. The number of cyclic esters (lactones) is 2. The van der Waals surface area contributed by atoms with Crippen molar-refractivity contribution in [2.75, 3.05) is 6.61 Å². The van der Waals surface area contributed by atoms with E-state index in [1.807, 2.05) is 0 Å². The van der Waals surface area contributed by atoms with Crippen LogP contribution in [0.5, 0.6) is 0 Å². The van der Waals surface area contributed by atoms with Crippen LogP contribution < -0.4 is 0 Å². The Kier molecular flexibility index (Phi) is 9.57. The van der Waals surface area contributed by atoms with Crippen molar-refractivity contribution in [2.45, 2.75) is 84.0 Å². The van der Waals surface area contributed by atoms with E-state index in [1.165, 1.54) is 0 Å². The fourth-order valence-corrected chi connectivity index (χ4v) is 4.79. The third-order valence-electron chi connectivity index (χ3n) is 6.13. The number of ketones is 1. The molecule has 0 amide bonds. The first kappa shape index (κ1) is 30.6. The third-order valence-corrected chi connectivity index (χ3v) is 6.13. The van der Waals surface area contributed by atoms with E-state index < -0.39 is 115 Å². The highest BCUT2D eigenvalue weighted by atomic mass is 16.7. The zero-order valence-corrected chi connectivity index (χ0v) is 22.1. The van der Waals surface area contributed by atoms with Crippen LogP contribution in [0.3, 0.4) is 0 Å². The van der Waals surface area contributed by atoms with Gasteiger partial charge in [-0.1, -0.05) is 0 Å². The fraction of sp³-hybridized carbons (Fsp3) is 0.667. The summed E-state index contributed by atoms with van der Waals surface area (Å²) in [4.78, 5) is 96.8. The third kappa shape index (κ3) is 6.98. The predicted molar refractivity (Wildman–Crippen MR) is 120 cm³/mol. The van der Waals surface area contributed by atoms with Gasteiger partial charge in [0.2, 0.25) is 0 Å². The van der Waals surface area contributed by atoms with Crippen molar-refractivity contribution in [3.05, 3.63) is 0 Å². The molecule has 0 N–H and O–H groups in total. The summed E-state index contributed by atoms with van der Waals surface area (Å²) in [5, 5.41) is 0. The first-order valence-corrected chi connectivity index (χ1v) is 12.1. The van der Waals surface area contributed by atoms with Crippen LogP contribution in [0.2, 0.25) is 0 Å². The van der Waals surface area contributed by atoms with Gasteiger partial charge in [-0.15, -0.1) is 0 Å². The lowest BCUT2D eigenvalue weighted by Crippen LogP contribution is -2.64. The molecule has 9 atom stereocenters. The molecule has 16 nitrogen and oxygen atoms in total. The normalized spacial score (nSPS) is 33.2. The molecule has 2 heterocycles. The smallest absolute Gasteiger partial charge is 0.321 e. The highest BCUT2D eigenvalue weighted by Crippen LogP contribution is 2.41. The van der Waals surface area contributed by atoms with E-state index in [4.69, 9.17) is 33.2 Å². The summed E-state index contributed by atoms with van der Waals surface area (Å²) in [7, 11) is 0. The fourth-order valence-electron chi connectivity index (χ4n) is 4.79. The van der Waals surface area contributed by atoms with Crippen molar-refractivity contribution in [2.24, 2.45) is 11.8 Å². The summed E-state index contributed by atoms with van der Waals surface area (Å²) in [6.07, 6.45) is -11.3. The molecule has 0 aromatic carbocycles. The molecule has 0 aromatic rings. The minimum atomic E-state index is -1.71. The van der Waals surface area contributed by atoms with Crippen molar-refractivity contribution in [3.8, 4) is 0 Å². The summed E-state index contributed by atoms with van der Waals surface area (Å²) < 4.78 is 42.3. The summed E-state index contributed by atoms with van der Waals surface area (Å²) in [6.45, 7) is 4.67. The summed E-state index contributed by atoms with van der Waals surface area (Å²) in [5.74, 6) is -10.1. The molecule has 3 rings (SSSR count). The van der Waals surface area contributed by atoms with Gasteiger partial charge in [-0.2, -0.15) is 0 Å². The van der Waals surface area contributed by atoms with Gasteiger partial charge in [0.25, 0.3) is 0 Å². The highest BCUT2D eigenvalue weighted by molar-refractivity contribution is 6.03. The van der Waals surface area contributed by atoms with Gasteiger partial charge in [-0.25, -0.2) is 0 Å². The standard InChI is InChI=1S/C24H28O16/c1-8(25)33-7-15-19(35-10(3)27)20(36-11(4)28)21(37-12(5)29)24(39-15)38-14-6-13(30)18(34-9(2)26)17-16(14)22(31)40-23(17)32/h14-21,24H,6-7H2,1-5H3/t14-,15+,16-,17-,18-,19+,20-,21+,24+/m0/s1. The summed E-state index contributed by atoms with van der Waals surface area (Å²) in [6, 6.07) is 0. The molecule has 0 unspecified atom stereocenters. The Balaban J connectivity index is 2.00. The Bertz CT molecular complexity index is 1100. The highest BCUT2D eigenvalue weighted by Gasteiger charge is 2.61. The van der Waals surface area contributed by atoms with Crippen LogP contribution in [0.1, 0.15) is 41.0 Å². The number of esters is 7. The van der Waals surface area contributed by atoms with Crippen LogP contribution in [0.15, 0.2) is 0 Å². The van der Waals surface area contributed by atoms with Crippen molar-refractivity contribution in [1.82, 2.24) is 0 Å². The number of rotatable bonds is 8. The minimum Gasteiger partial charge on any atom is -0.463 e. The van der Waals surface area contributed by atoms with Crippen molar-refractivity contribution in [3.63, 3.8) is 0 Å². The van der Waals surface area contributed by atoms with E-state index in [-0.39, 0.29) is 0 Å². The number of ether oxygens (including phenoxy) is 8. The van der Waals surface area contributed by atoms with E-state index >= 15 is 0 Å². The molecule has 3 fully saturated rings. The van der Waals surface area contributed by atoms with Gasteiger partial charge in [0.1, 0.15) is 24.5 Å². The number of Topliss-reactive ketones (excluding diaryl/α,β-unsaturated/α-hetero) is 1. The van der Waals surface area contributed by atoms with Gasteiger partial charge in [0, 0.05) is 41.0 Å². The number of carbonyl (C=O) groups is 8. The largest absolute Gasteiger partial charge is 0.463 e. The minimum absolute atomic E-state index is 0.539. The maximum atomic E-state index is 12.9. The van der Waals surface area contributed by atoms with Crippen LogP contribution in [0.25, 0.3) is 0 Å². The zero-order chi connectivity index (χ0) is 29.9. The first-order valence-electron chi connectivity index (χ1n) is 12.1. The molecule has 0 bridgehead atoms. The van der Waals surface area contributed by atoms with Crippen LogP contribution in [0.4, 0.5) is 0 Å². The number of hydrogen-bond donors (Lipinski definition) is 0. The molecule has 1 saturated carbocycles. The Hall–Kier alpha value is -3.92. The maximum Gasteiger partial charge on any atom is 0.321 e. The van der Waals surface area contributed by atoms with E-state index in [0.717, 1.165) is 34.6 Å². The van der Waals surface area contributed by atoms with Crippen LogP contribution >= 0.6 is 0 Å². The Morgan fingerprint density at radius 2 is 1.23 bits per heavy atom. The molecular weight excluding hydrogens is 544 g/mol. The molecule has 0 spiro atoms. The molecule has 0 aromatic heterocycles.